The third-order valence-electron chi connectivity index (χ3n) is 3.83. The van der Waals surface area contributed by atoms with Crippen LogP contribution < -0.4 is 10.2 Å². The molecule has 1 atom stereocenters. The molecule has 8 heteroatoms. The summed E-state index contributed by atoms with van der Waals surface area (Å²) in [5.41, 5.74) is 0.824. The van der Waals surface area contributed by atoms with Crippen LogP contribution in [-0.4, -0.2) is 41.4 Å². The van der Waals surface area contributed by atoms with Gasteiger partial charge in [0.25, 0.3) is 0 Å². The molecule has 1 N–H and O–H groups in total. The molecule has 0 radical (unpaired) electrons. The van der Waals surface area contributed by atoms with Crippen molar-refractivity contribution in [1.82, 2.24) is 9.78 Å². The van der Waals surface area contributed by atoms with Crippen LogP contribution in [0.5, 0.6) is 0 Å². The second-order valence-corrected chi connectivity index (χ2v) is 5.86. The van der Waals surface area contributed by atoms with Crippen LogP contribution in [-0.2, 0) is 20.9 Å². The van der Waals surface area contributed by atoms with E-state index in [2.05, 4.69) is 15.2 Å². The molecule has 0 bridgehead atoms. The predicted molar refractivity (Wildman–Crippen MR) is 90.1 cm³/mol. The molecule has 0 spiro atoms. The molecule has 1 aromatic heterocycles. The first-order chi connectivity index (χ1) is 11.6. The Balaban J connectivity index is 1.63. The topological polar surface area (TPSA) is 76.5 Å². The van der Waals surface area contributed by atoms with E-state index in [9.17, 15) is 9.59 Å². The molecule has 2 heterocycles. The van der Waals surface area contributed by atoms with E-state index in [0.717, 1.165) is 5.69 Å². The molecule has 1 fully saturated rings. The number of hydrogen-bond donors (Lipinski definition) is 1. The molecule has 1 aromatic carbocycles. The van der Waals surface area contributed by atoms with Gasteiger partial charge in [-0.25, -0.2) is 0 Å². The Morgan fingerprint density at radius 3 is 2.83 bits per heavy atom. The van der Waals surface area contributed by atoms with E-state index in [1.807, 2.05) is 12.1 Å². The summed E-state index contributed by atoms with van der Waals surface area (Å²) in [4.78, 5) is 25.5. The minimum atomic E-state index is -0.379. The first kappa shape index (κ1) is 16.3. The van der Waals surface area contributed by atoms with Crippen molar-refractivity contribution in [3.63, 3.8) is 0 Å². The zero-order chi connectivity index (χ0) is 17.1. The Kier molecular flexibility index (Phi) is 4.71. The molecule has 1 saturated heterocycles. The molecule has 1 aliphatic heterocycles. The highest BCUT2D eigenvalue weighted by atomic mass is 35.5. The molecule has 24 heavy (non-hydrogen) atoms. The summed E-state index contributed by atoms with van der Waals surface area (Å²) in [5.74, 6) is 0.158. The summed E-state index contributed by atoms with van der Waals surface area (Å²) in [6.07, 6.45) is 2.33. The number of ether oxygens (including phenoxy) is 1. The average Bonchev–Trinajstić information content (AvgIpc) is 3.16. The number of anilines is 2. The molecule has 0 saturated carbocycles. The van der Waals surface area contributed by atoms with Gasteiger partial charge in [0, 0.05) is 29.5 Å². The number of benzene rings is 1. The minimum Gasteiger partial charge on any atom is -0.468 e. The number of methoxy groups -OCH3 is 1. The maximum absolute atomic E-state index is 12.5. The Morgan fingerprint density at radius 1 is 1.38 bits per heavy atom. The predicted octanol–water partition coefficient (Wildman–Crippen LogP) is 1.93. The smallest absolute Gasteiger partial charge is 0.327 e. The Bertz CT molecular complexity index is 744. The highest BCUT2D eigenvalue weighted by Gasteiger charge is 2.32. The van der Waals surface area contributed by atoms with Crippen LogP contribution in [0.1, 0.15) is 6.42 Å². The monoisotopic (exact) mass is 348 g/mol. The SMILES string of the molecule is COC(=O)Cn1ccc(N[C@H]2CCN(c3ccc(Cl)cc3)C2=O)n1. The zero-order valence-corrected chi connectivity index (χ0v) is 13.9. The van der Waals surface area contributed by atoms with Crippen molar-refractivity contribution in [1.29, 1.82) is 0 Å². The van der Waals surface area contributed by atoms with Gasteiger partial charge in [0.2, 0.25) is 5.91 Å². The number of rotatable bonds is 5. The fourth-order valence-electron chi connectivity index (χ4n) is 2.59. The maximum atomic E-state index is 12.5. The second kappa shape index (κ2) is 6.92. The molecule has 2 aromatic rings. The normalized spacial score (nSPS) is 17.2. The number of halogens is 1. The third-order valence-corrected chi connectivity index (χ3v) is 4.08. The average molecular weight is 349 g/mol. The highest BCUT2D eigenvalue weighted by Crippen LogP contribution is 2.24. The van der Waals surface area contributed by atoms with Crippen molar-refractivity contribution in [3.05, 3.63) is 41.6 Å². The van der Waals surface area contributed by atoms with Gasteiger partial charge in [0.15, 0.2) is 0 Å². The van der Waals surface area contributed by atoms with E-state index in [1.165, 1.54) is 11.8 Å². The molecular formula is C16H17ClN4O3. The number of carbonyl (C=O) groups is 2. The van der Waals surface area contributed by atoms with Gasteiger partial charge in [-0.15, -0.1) is 0 Å². The first-order valence-electron chi connectivity index (χ1n) is 7.50. The first-order valence-corrected chi connectivity index (χ1v) is 7.88. The molecule has 0 aliphatic carbocycles. The van der Waals surface area contributed by atoms with E-state index < -0.39 is 0 Å². The van der Waals surface area contributed by atoms with Crippen LogP contribution in [0.3, 0.4) is 0 Å². The van der Waals surface area contributed by atoms with E-state index in [4.69, 9.17) is 11.6 Å². The van der Waals surface area contributed by atoms with Gasteiger partial charge in [-0.2, -0.15) is 5.10 Å². The van der Waals surface area contributed by atoms with Crippen molar-refractivity contribution in [2.45, 2.75) is 19.0 Å². The zero-order valence-electron chi connectivity index (χ0n) is 13.1. The lowest BCUT2D eigenvalue weighted by atomic mass is 10.2. The minimum absolute atomic E-state index is 0.0140. The molecular weight excluding hydrogens is 332 g/mol. The lowest BCUT2D eigenvalue weighted by molar-refractivity contribution is -0.141. The van der Waals surface area contributed by atoms with Crippen LogP contribution in [0.15, 0.2) is 36.5 Å². The quantitative estimate of drug-likeness (QED) is 0.835. The van der Waals surface area contributed by atoms with E-state index in [1.54, 1.807) is 29.3 Å². The molecule has 3 rings (SSSR count). The molecule has 7 nitrogen and oxygen atoms in total. The summed E-state index contributed by atoms with van der Waals surface area (Å²) in [6.45, 7) is 0.661. The molecule has 1 aliphatic rings. The van der Waals surface area contributed by atoms with Gasteiger partial charge in [0.05, 0.1) is 7.11 Å². The molecule has 126 valence electrons. The van der Waals surface area contributed by atoms with Crippen molar-refractivity contribution in [2.75, 3.05) is 23.9 Å². The molecule has 0 unspecified atom stereocenters. The number of nitrogens with zero attached hydrogens (tertiary/aromatic N) is 3. The van der Waals surface area contributed by atoms with Gasteiger partial charge in [0.1, 0.15) is 18.4 Å². The Labute approximate surface area is 144 Å². The number of aromatic nitrogens is 2. The van der Waals surface area contributed by atoms with Gasteiger partial charge in [-0.05, 0) is 30.7 Å². The van der Waals surface area contributed by atoms with Gasteiger partial charge in [-0.1, -0.05) is 11.6 Å². The van der Waals surface area contributed by atoms with E-state index in [0.29, 0.717) is 23.8 Å². The summed E-state index contributed by atoms with van der Waals surface area (Å²) in [7, 11) is 1.33. The lowest BCUT2D eigenvalue weighted by Gasteiger charge is -2.17. The highest BCUT2D eigenvalue weighted by molar-refractivity contribution is 6.30. The number of hydrogen-bond acceptors (Lipinski definition) is 5. The van der Waals surface area contributed by atoms with Crippen molar-refractivity contribution in [2.24, 2.45) is 0 Å². The number of esters is 1. The van der Waals surface area contributed by atoms with Crippen LogP contribution in [0.2, 0.25) is 5.02 Å². The van der Waals surface area contributed by atoms with Gasteiger partial charge in [-0.3, -0.25) is 14.3 Å². The summed E-state index contributed by atoms with van der Waals surface area (Å²) in [5, 5.41) is 7.97. The fourth-order valence-corrected chi connectivity index (χ4v) is 2.72. The summed E-state index contributed by atoms with van der Waals surface area (Å²) in [6, 6.07) is 8.56. The lowest BCUT2D eigenvalue weighted by Crippen LogP contribution is -2.33. The van der Waals surface area contributed by atoms with Gasteiger partial charge >= 0.3 is 5.97 Å². The second-order valence-electron chi connectivity index (χ2n) is 5.43. The number of amides is 1. The maximum Gasteiger partial charge on any atom is 0.327 e. The fraction of sp³-hybridized carbons (Fsp3) is 0.312. The summed E-state index contributed by atoms with van der Waals surface area (Å²) >= 11 is 5.88. The van der Waals surface area contributed by atoms with Gasteiger partial charge < -0.3 is 15.0 Å². The van der Waals surface area contributed by atoms with Crippen molar-refractivity contribution >= 4 is 35.0 Å². The largest absolute Gasteiger partial charge is 0.468 e. The Morgan fingerprint density at radius 2 is 2.12 bits per heavy atom. The number of carbonyl (C=O) groups excluding carboxylic acids is 2. The number of nitrogens with one attached hydrogen (secondary N) is 1. The van der Waals surface area contributed by atoms with Crippen LogP contribution in [0.25, 0.3) is 0 Å². The standard InChI is InChI=1S/C16H17ClN4O3/c1-24-15(22)10-20-8-7-14(19-20)18-13-6-9-21(16(13)23)12-4-2-11(17)3-5-12/h2-5,7-8,13H,6,9-10H2,1H3,(H,18,19)/t13-/m0/s1. The van der Waals surface area contributed by atoms with E-state index >= 15 is 0 Å². The van der Waals surface area contributed by atoms with Crippen molar-refractivity contribution < 1.29 is 14.3 Å². The van der Waals surface area contributed by atoms with Crippen molar-refractivity contribution in [3.8, 4) is 0 Å². The third kappa shape index (κ3) is 3.51. The van der Waals surface area contributed by atoms with E-state index in [-0.39, 0.29) is 24.5 Å². The molecule has 1 amide bonds. The van der Waals surface area contributed by atoms with Crippen LogP contribution in [0, 0.1) is 0 Å². The van der Waals surface area contributed by atoms with Crippen LogP contribution >= 0.6 is 11.6 Å². The van der Waals surface area contributed by atoms with Crippen LogP contribution in [0.4, 0.5) is 11.5 Å². The Hall–Kier alpha value is -2.54. The summed E-state index contributed by atoms with van der Waals surface area (Å²) < 4.78 is 6.06.